The molecule has 0 unspecified atom stereocenters. The van der Waals surface area contributed by atoms with Crippen molar-refractivity contribution in [1.29, 1.82) is 0 Å². The maximum atomic E-state index is 8.99. The summed E-state index contributed by atoms with van der Waals surface area (Å²) in [6.07, 6.45) is 4.23. The molecular weight excluding hydrogens is 202 g/mol. The van der Waals surface area contributed by atoms with Gasteiger partial charge < -0.3 is 11.1 Å². The van der Waals surface area contributed by atoms with E-state index in [9.17, 15) is 0 Å². The molecule has 2 heterocycles. The van der Waals surface area contributed by atoms with E-state index >= 15 is 0 Å². The maximum Gasteiger partial charge on any atom is 0.311 e. The molecule has 1 amide bonds. The Kier molecular flexibility index (Phi) is 5.22. The van der Waals surface area contributed by atoms with Crippen LogP contribution in [0.4, 0.5) is 4.79 Å². The first-order chi connectivity index (χ1) is 6.70. The summed E-state index contributed by atoms with van der Waals surface area (Å²) in [5.74, 6) is 0. The van der Waals surface area contributed by atoms with Crippen molar-refractivity contribution in [2.45, 2.75) is 25.3 Å². The Labute approximate surface area is 89.8 Å². The Morgan fingerprint density at radius 1 is 1.43 bits per heavy atom. The van der Waals surface area contributed by atoms with Crippen LogP contribution in [0.5, 0.6) is 0 Å². The number of nitrogens with one attached hydrogen (secondary N) is 1. The molecule has 3 N–H and O–H groups in total. The van der Waals surface area contributed by atoms with Crippen LogP contribution in [-0.4, -0.2) is 42.5 Å². The van der Waals surface area contributed by atoms with E-state index in [0.717, 1.165) is 6.04 Å². The highest BCUT2D eigenvalue weighted by Gasteiger charge is 2.23. The van der Waals surface area contributed by atoms with Gasteiger partial charge in [-0.2, -0.15) is 0 Å². The fourth-order valence-corrected chi connectivity index (χ4v) is 2.06. The summed E-state index contributed by atoms with van der Waals surface area (Å²) in [5, 5.41) is 2.55. The van der Waals surface area contributed by atoms with Crippen molar-refractivity contribution in [2.24, 2.45) is 5.73 Å². The van der Waals surface area contributed by atoms with Crippen LogP contribution in [0, 0.1) is 0 Å². The average Bonchev–Trinajstić information content (AvgIpc) is 2.76. The van der Waals surface area contributed by atoms with Gasteiger partial charge in [0.1, 0.15) is 0 Å². The van der Waals surface area contributed by atoms with Crippen molar-refractivity contribution in [3.8, 4) is 0 Å². The van der Waals surface area contributed by atoms with Gasteiger partial charge in [0, 0.05) is 12.6 Å². The fourth-order valence-electron chi connectivity index (χ4n) is 2.06. The van der Waals surface area contributed by atoms with Crippen molar-refractivity contribution in [2.75, 3.05) is 26.2 Å². The van der Waals surface area contributed by atoms with Gasteiger partial charge in [-0.3, -0.25) is 9.69 Å². The van der Waals surface area contributed by atoms with Gasteiger partial charge in [0.15, 0.2) is 0 Å². The molecule has 0 radical (unpaired) electrons. The predicted octanol–water partition coefficient (Wildman–Crippen LogP) is 0.748. The van der Waals surface area contributed by atoms with Crippen molar-refractivity contribution in [1.82, 2.24) is 10.2 Å². The third-order valence-electron chi connectivity index (χ3n) is 2.69. The van der Waals surface area contributed by atoms with E-state index in [1.807, 2.05) is 0 Å². The first-order valence-electron chi connectivity index (χ1n) is 5.10. The van der Waals surface area contributed by atoms with Gasteiger partial charge >= 0.3 is 5.37 Å². The molecular formula is C9H18ClN3O. The van der Waals surface area contributed by atoms with E-state index in [1.54, 1.807) is 0 Å². The summed E-state index contributed by atoms with van der Waals surface area (Å²) in [5.41, 5.74) is 4.24. The summed E-state index contributed by atoms with van der Waals surface area (Å²) in [6, 6.07) is 0.877. The van der Waals surface area contributed by atoms with E-state index in [0.29, 0.717) is 0 Å². The average molecular weight is 220 g/mol. The van der Waals surface area contributed by atoms with Gasteiger partial charge in [-0.1, -0.05) is 0 Å². The molecule has 0 saturated carbocycles. The normalized spacial score (nSPS) is 27.1. The zero-order valence-corrected chi connectivity index (χ0v) is 9.09. The molecule has 0 aromatic heterocycles. The number of carbonyl (C=O) groups is 1. The minimum atomic E-state index is -0.861. The van der Waals surface area contributed by atoms with Gasteiger partial charge in [0.2, 0.25) is 0 Å². The first kappa shape index (κ1) is 11.8. The molecule has 14 heavy (non-hydrogen) atoms. The zero-order chi connectivity index (χ0) is 10.4. The number of nitrogens with two attached hydrogens (primary N) is 1. The maximum absolute atomic E-state index is 8.99. The van der Waals surface area contributed by atoms with Gasteiger partial charge in [0.05, 0.1) is 0 Å². The van der Waals surface area contributed by atoms with Crippen molar-refractivity contribution < 1.29 is 4.79 Å². The molecule has 2 saturated heterocycles. The molecule has 0 aromatic rings. The minimum Gasteiger partial charge on any atom is -0.356 e. The molecule has 0 bridgehead atoms. The highest BCUT2D eigenvalue weighted by atomic mass is 35.5. The largest absolute Gasteiger partial charge is 0.356 e. The lowest BCUT2D eigenvalue weighted by Crippen LogP contribution is -2.34. The molecule has 2 fully saturated rings. The number of carbonyl (C=O) groups excluding carboxylic acids is 1. The highest BCUT2D eigenvalue weighted by molar-refractivity contribution is 6.62. The number of amides is 1. The lowest BCUT2D eigenvalue weighted by Gasteiger charge is -2.21. The number of halogens is 1. The Morgan fingerprint density at radius 3 is 2.43 bits per heavy atom. The quantitative estimate of drug-likeness (QED) is 0.506. The molecule has 0 aliphatic carbocycles. The molecule has 0 aromatic carbocycles. The number of rotatable bonds is 1. The van der Waals surface area contributed by atoms with Crippen LogP contribution in [0.2, 0.25) is 0 Å². The third kappa shape index (κ3) is 4.26. The standard InChI is InChI=1S/C8H16N2.CH2ClNO/c1-2-6-10(5-1)8-3-4-9-7-8;2-1(3)4/h8-9H,1-7H2;(H2,3,4)/t8-;/m1./s1. The SMILES string of the molecule is C1CCN([C@@H]2CCNC2)C1.NC(=O)Cl. The molecule has 2 rings (SSSR count). The summed E-state index contributed by atoms with van der Waals surface area (Å²) in [7, 11) is 0. The van der Waals surface area contributed by atoms with Crippen molar-refractivity contribution >= 4 is 17.0 Å². The first-order valence-corrected chi connectivity index (χ1v) is 5.47. The second-order valence-corrected chi connectivity index (χ2v) is 4.07. The third-order valence-corrected chi connectivity index (χ3v) is 2.69. The number of hydrogen-bond donors (Lipinski definition) is 2. The minimum absolute atomic E-state index is 0.861. The number of nitrogens with zero attached hydrogens (tertiary/aromatic N) is 1. The smallest absolute Gasteiger partial charge is 0.311 e. The Bertz CT molecular complexity index is 159. The lowest BCUT2D eigenvalue weighted by atomic mass is 10.2. The van der Waals surface area contributed by atoms with Crippen LogP contribution in [0.3, 0.4) is 0 Å². The Balaban J connectivity index is 0.000000213. The fraction of sp³-hybridized carbons (Fsp3) is 0.889. The molecule has 82 valence electrons. The number of primary amides is 1. The van der Waals surface area contributed by atoms with Gasteiger partial charge in [0.25, 0.3) is 0 Å². The van der Waals surface area contributed by atoms with Crippen molar-refractivity contribution in [3.63, 3.8) is 0 Å². The molecule has 5 heteroatoms. The molecule has 0 spiro atoms. The zero-order valence-electron chi connectivity index (χ0n) is 8.34. The van der Waals surface area contributed by atoms with Gasteiger partial charge in [-0.15, -0.1) is 0 Å². The van der Waals surface area contributed by atoms with Crippen LogP contribution in [0.25, 0.3) is 0 Å². The Morgan fingerprint density at radius 2 is 2.00 bits per heavy atom. The summed E-state index contributed by atoms with van der Waals surface area (Å²) >= 11 is 4.41. The second-order valence-electron chi connectivity index (χ2n) is 3.69. The molecule has 2 aliphatic rings. The van der Waals surface area contributed by atoms with E-state index in [4.69, 9.17) is 4.79 Å². The number of hydrogen-bond acceptors (Lipinski definition) is 3. The van der Waals surface area contributed by atoms with E-state index in [-0.39, 0.29) is 0 Å². The van der Waals surface area contributed by atoms with Gasteiger partial charge in [-0.05, 0) is 50.5 Å². The summed E-state index contributed by atoms with van der Waals surface area (Å²) in [6.45, 7) is 5.18. The monoisotopic (exact) mass is 219 g/mol. The van der Waals surface area contributed by atoms with Crippen molar-refractivity contribution in [3.05, 3.63) is 0 Å². The van der Waals surface area contributed by atoms with Crippen LogP contribution < -0.4 is 11.1 Å². The molecule has 1 atom stereocenters. The predicted molar refractivity (Wildman–Crippen MR) is 57.5 cm³/mol. The van der Waals surface area contributed by atoms with Crippen LogP contribution in [-0.2, 0) is 0 Å². The highest BCUT2D eigenvalue weighted by Crippen LogP contribution is 2.15. The van der Waals surface area contributed by atoms with Crippen LogP contribution in [0.1, 0.15) is 19.3 Å². The van der Waals surface area contributed by atoms with Crippen LogP contribution >= 0.6 is 11.6 Å². The lowest BCUT2D eigenvalue weighted by molar-refractivity contribution is 0.258. The number of likely N-dealkylation sites (tertiary alicyclic amines) is 1. The molecule has 2 aliphatic heterocycles. The summed E-state index contributed by atoms with van der Waals surface area (Å²) in [4.78, 5) is 11.6. The van der Waals surface area contributed by atoms with Gasteiger partial charge in [-0.25, -0.2) is 0 Å². The van der Waals surface area contributed by atoms with E-state index in [2.05, 4.69) is 27.6 Å². The topological polar surface area (TPSA) is 58.4 Å². The molecule has 4 nitrogen and oxygen atoms in total. The Hall–Kier alpha value is -0.320. The van der Waals surface area contributed by atoms with Crippen LogP contribution in [0.15, 0.2) is 0 Å². The summed E-state index contributed by atoms with van der Waals surface area (Å²) < 4.78 is 0. The van der Waals surface area contributed by atoms with E-state index in [1.165, 1.54) is 45.4 Å². The van der Waals surface area contributed by atoms with E-state index < -0.39 is 5.37 Å². The second kappa shape index (κ2) is 6.22.